The molecule has 30 unspecified atom stereocenters. The number of ether oxygens (including phenoxy) is 7. The molecule has 1 N–H and O–H groups in total. The third-order valence-corrected chi connectivity index (χ3v) is 27.0. The van der Waals surface area contributed by atoms with Crippen LogP contribution in [0.25, 0.3) is 0 Å². The van der Waals surface area contributed by atoms with Crippen LogP contribution in [-0.2, 0) is 57.1 Å². The highest BCUT2D eigenvalue weighted by atomic mass is 16.6. The van der Waals surface area contributed by atoms with Crippen molar-refractivity contribution in [3.05, 3.63) is 0 Å². The Balaban J connectivity index is 0.000000404. The highest BCUT2D eigenvalue weighted by molar-refractivity contribution is 5.78. The fourth-order valence-electron chi connectivity index (χ4n) is 24.3. The van der Waals surface area contributed by atoms with Crippen LogP contribution in [0.5, 0.6) is 0 Å². The first-order valence-corrected chi connectivity index (χ1v) is 36.8. The number of carboxylic acid groups (broad SMARTS) is 1. The van der Waals surface area contributed by atoms with E-state index in [1.165, 1.54) is 70.6 Å². The van der Waals surface area contributed by atoms with E-state index in [2.05, 4.69) is 83.1 Å². The van der Waals surface area contributed by atoms with Crippen molar-refractivity contribution in [1.82, 2.24) is 0 Å². The molecule has 96 heavy (non-hydrogen) atoms. The number of hydrogen-bond donors (Lipinski definition) is 1. The van der Waals surface area contributed by atoms with Crippen LogP contribution in [0.3, 0.4) is 0 Å². The molecule has 0 aromatic carbocycles. The van der Waals surface area contributed by atoms with Crippen LogP contribution in [-0.4, -0.2) is 95.0 Å². The number of esters is 4. The molecule has 14 fully saturated rings. The number of carboxylic acids is 1. The molecule has 13 nitrogen and oxygen atoms in total. The number of hydrogen-bond acceptors (Lipinski definition) is 12. The fraction of sp³-hybridized carbons (Fsp3) is 0.940. The zero-order chi connectivity index (χ0) is 63.8. The van der Waals surface area contributed by atoms with Crippen molar-refractivity contribution in [2.24, 2.45) is 142 Å². The smallest absolute Gasteiger partial charge is 0.312 e. The summed E-state index contributed by atoms with van der Waals surface area (Å²) in [6, 6.07) is 0. The number of rotatable bonds is 14. The predicted octanol–water partition coefficient (Wildman–Crippen LogP) is 20.5. The van der Waals surface area contributed by atoms with Crippen molar-refractivity contribution in [2.45, 2.75) is 353 Å². The van der Waals surface area contributed by atoms with Gasteiger partial charge in [-0.25, -0.2) is 0 Å². The van der Waals surface area contributed by atoms with Crippen molar-refractivity contribution < 1.29 is 62.2 Å². The Labute approximate surface area is 590 Å². The van der Waals surface area contributed by atoms with Crippen molar-refractivity contribution in [1.29, 1.82) is 0 Å². The first-order valence-electron chi connectivity index (χ1n) is 36.8. The van der Waals surface area contributed by atoms with E-state index in [0.29, 0.717) is 79.0 Å². The lowest BCUT2D eigenvalue weighted by Crippen LogP contribution is -2.43. The van der Waals surface area contributed by atoms with E-state index in [1.807, 2.05) is 34.6 Å². The van der Waals surface area contributed by atoms with Crippen molar-refractivity contribution >= 4 is 29.8 Å². The molecule has 6 saturated heterocycles. The topological polar surface area (TPSA) is 170 Å². The minimum atomic E-state index is -0.581. The molecule has 564 valence electrons. The van der Waals surface area contributed by atoms with Crippen LogP contribution in [0.15, 0.2) is 0 Å². The summed E-state index contributed by atoms with van der Waals surface area (Å²) in [6.07, 6.45) is 23.1. The summed E-state index contributed by atoms with van der Waals surface area (Å²) >= 11 is 0. The van der Waals surface area contributed by atoms with Gasteiger partial charge in [-0.3, -0.25) is 24.0 Å². The lowest BCUT2D eigenvalue weighted by molar-refractivity contribution is -0.157. The SMILES string of the molecule is C.C.C.C.C.C.C.C.CCC1CC(CC)C2C3CC(CC3CC(=O)O)C12.CCC1CC(CC)C2C3CC(CC3CC(=O)OC(C)(C)C)C12.CCC1OC(CC)C2C(=O)OCC12.CCC1OC(CC)C2C1C(=O)OC2(C)C.CCC1OC(CC)C2C3CC(C4C(=O)OC(C)(C)C34)C12. The van der Waals surface area contributed by atoms with Gasteiger partial charge in [0, 0.05) is 30.6 Å². The van der Waals surface area contributed by atoms with Gasteiger partial charge in [-0.2, -0.15) is 0 Å². The molecule has 0 aromatic rings. The number of cyclic esters (lactones) is 3. The van der Waals surface area contributed by atoms with E-state index in [9.17, 15) is 24.0 Å². The molecular weight excluding hydrogens is 1200 g/mol. The lowest BCUT2D eigenvalue weighted by Gasteiger charge is -2.38. The Morgan fingerprint density at radius 3 is 1.24 bits per heavy atom. The summed E-state index contributed by atoms with van der Waals surface area (Å²) in [5, 5.41) is 9.06. The Morgan fingerprint density at radius 2 is 0.802 bits per heavy atom. The molecule has 6 bridgehead atoms. The third kappa shape index (κ3) is 16.3. The number of carbonyl (C=O) groups excluding carboxylic acids is 4. The van der Waals surface area contributed by atoms with Gasteiger partial charge in [0.1, 0.15) is 16.8 Å². The van der Waals surface area contributed by atoms with Gasteiger partial charge >= 0.3 is 29.8 Å². The maximum atomic E-state index is 12.3. The van der Waals surface area contributed by atoms with Crippen LogP contribution in [0.2, 0.25) is 0 Å². The van der Waals surface area contributed by atoms with E-state index in [1.54, 1.807) is 0 Å². The van der Waals surface area contributed by atoms with E-state index >= 15 is 0 Å². The van der Waals surface area contributed by atoms with Crippen molar-refractivity contribution in [3.8, 4) is 0 Å². The van der Waals surface area contributed by atoms with E-state index < -0.39 is 5.97 Å². The van der Waals surface area contributed by atoms with Crippen LogP contribution < -0.4 is 0 Å². The lowest BCUT2D eigenvalue weighted by atomic mass is 9.63. The third-order valence-electron chi connectivity index (χ3n) is 27.0. The van der Waals surface area contributed by atoms with Gasteiger partial charge in [-0.05, 0) is 238 Å². The van der Waals surface area contributed by atoms with Crippen molar-refractivity contribution in [2.75, 3.05) is 6.61 Å². The van der Waals surface area contributed by atoms with Gasteiger partial charge in [0.2, 0.25) is 0 Å². The number of aliphatic carboxylic acids is 1. The normalized spacial score (nSPS) is 43.2. The van der Waals surface area contributed by atoms with Crippen LogP contribution in [0, 0.1) is 142 Å². The van der Waals surface area contributed by atoms with Gasteiger partial charge in [0.25, 0.3) is 0 Å². The minimum absolute atomic E-state index is 0. The summed E-state index contributed by atoms with van der Waals surface area (Å²) in [5.74, 6) is 14.9. The zero-order valence-corrected chi connectivity index (χ0v) is 57.8. The highest BCUT2D eigenvalue weighted by Crippen LogP contribution is 2.70. The monoisotopic (exact) mass is 1360 g/mol. The van der Waals surface area contributed by atoms with Gasteiger partial charge in [-0.15, -0.1) is 0 Å². The molecule has 14 rings (SSSR count). The second-order valence-electron chi connectivity index (χ2n) is 32.9. The van der Waals surface area contributed by atoms with E-state index in [4.69, 9.17) is 38.3 Å². The van der Waals surface area contributed by atoms with Crippen LogP contribution in [0.4, 0.5) is 0 Å². The second kappa shape index (κ2) is 35.4. The largest absolute Gasteiger partial charge is 0.481 e. The zero-order valence-electron chi connectivity index (χ0n) is 57.8. The standard InChI is InChI=1S/C20H34O2.C17H26O3.C16H26O2.C12H20O3.C10H16O3.8CH4/c1-6-12-8-13(7-2)19-16-10-15(18(12)19)9-14(16)11-17(21)22-20(3,4)5;1-5-10-12-8-7-9(13(12)11(6-2)19-10)15-14(8)16(18)20-17(15,3)4;1-3-9-5-10(4-2)16-13-7-12(15(9)16)6-11(13)8-14(17)18;1-5-7-9-10(8(6-2)14-7)12(3,4)15-11(9)13;1-3-7-6-5-12-10(11)9(6)8(4-2)13-7;;;;;;;;/h12-16,18-19H,6-11H2,1-5H3;8-15H,5-7H2,1-4H3;9-13,15-16H,3-8H2,1-2H3,(H,17,18);7-10H,5-6H2,1-4H3;6-9H,3-5H2,1-2H3;8*1H4. The summed E-state index contributed by atoms with van der Waals surface area (Å²) in [7, 11) is 0. The summed E-state index contributed by atoms with van der Waals surface area (Å²) in [4.78, 5) is 58.7. The molecule has 0 amide bonds. The first kappa shape index (κ1) is 89.3. The summed E-state index contributed by atoms with van der Waals surface area (Å²) < 4.78 is 39.9. The highest BCUT2D eigenvalue weighted by Gasteiger charge is 2.72. The van der Waals surface area contributed by atoms with Crippen LogP contribution in [0.1, 0.15) is 299 Å². The average Bonchev–Trinajstić information content (AvgIpc) is 1.56. The van der Waals surface area contributed by atoms with Gasteiger partial charge in [0.15, 0.2) is 0 Å². The molecule has 6 heterocycles. The minimum Gasteiger partial charge on any atom is -0.481 e. The average molecular weight is 1360 g/mol. The Kier molecular flexibility index (Phi) is 32.9. The Hall–Kier alpha value is -2.77. The molecule has 0 aromatic heterocycles. The maximum Gasteiger partial charge on any atom is 0.312 e. The molecule has 0 spiro atoms. The molecule has 13 heteroatoms. The molecule has 8 saturated carbocycles. The van der Waals surface area contributed by atoms with E-state index in [0.717, 1.165) is 110 Å². The Morgan fingerprint density at radius 1 is 0.406 bits per heavy atom. The van der Waals surface area contributed by atoms with Gasteiger partial charge < -0.3 is 38.3 Å². The van der Waals surface area contributed by atoms with Crippen molar-refractivity contribution in [3.63, 3.8) is 0 Å². The van der Waals surface area contributed by atoms with E-state index in [-0.39, 0.29) is 148 Å². The molecule has 0 radical (unpaired) electrons. The first-order chi connectivity index (χ1) is 41.8. The molecule has 6 aliphatic heterocycles. The summed E-state index contributed by atoms with van der Waals surface area (Å²) in [5.41, 5.74) is -0.967. The van der Waals surface area contributed by atoms with Gasteiger partial charge in [0.05, 0.1) is 61.0 Å². The number of carbonyl (C=O) groups is 5. The molecule has 14 aliphatic rings. The molecular formula is C83H154O13. The predicted molar refractivity (Wildman–Crippen MR) is 393 cm³/mol. The second-order valence-corrected chi connectivity index (χ2v) is 32.9. The number of fused-ring (bicyclic) bond motifs is 20. The molecule has 8 aliphatic carbocycles. The maximum absolute atomic E-state index is 12.3. The molecule has 30 atom stereocenters. The van der Waals surface area contributed by atoms with Crippen LogP contribution >= 0.6 is 0 Å². The Bertz CT molecular complexity index is 2450. The van der Waals surface area contributed by atoms with Gasteiger partial charge in [-0.1, -0.05) is 154 Å². The fourth-order valence-corrected chi connectivity index (χ4v) is 24.3. The quantitative estimate of drug-likeness (QED) is 0.129. The summed E-state index contributed by atoms with van der Waals surface area (Å²) in [6.45, 7) is 36.9.